The zero-order chi connectivity index (χ0) is 13.8. The molecule has 1 saturated carbocycles. The van der Waals surface area contributed by atoms with Crippen molar-refractivity contribution >= 4 is 0 Å². The fourth-order valence-corrected chi connectivity index (χ4v) is 3.25. The highest BCUT2D eigenvalue weighted by atomic mass is 16.3. The number of hydrogen-bond acceptors (Lipinski definition) is 3. The Labute approximate surface area is 122 Å². The molecule has 1 aliphatic carbocycles. The molecule has 1 aliphatic heterocycles. The van der Waals surface area contributed by atoms with E-state index in [1.165, 1.54) is 62.9 Å². The maximum Gasteiger partial charge on any atom is 0.122 e. The van der Waals surface area contributed by atoms with E-state index in [0.717, 1.165) is 25.0 Å². The zero-order valence-electron chi connectivity index (χ0n) is 12.7. The van der Waals surface area contributed by atoms with Crippen molar-refractivity contribution in [3.63, 3.8) is 0 Å². The van der Waals surface area contributed by atoms with Crippen LogP contribution in [0.1, 0.15) is 56.8 Å². The highest BCUT2D eigenvalue weighted by molar-refractivity contribution is 5.17. The van der Waals surface area contributed by atoms with Crippen LogP contribution in [0.25, 0.3) is 0 Å². The molecule has 1 N–H and O–H groups in total. The standard InChI is InChI=1S/C17H28N2O/c1-2-3-14-6-9-19(10-7-14)13-17-15(8-11-20-17)12-18-16-4-5-16/h8,11,14,16,18H,2-7,9-10,12-13H2,1H3. The molecule has 0 aromatic carbocycles. The van der Waals surface area contributed by atoms with E-state index in [1.807, 2.05) is 6.26 Å². The maximum absolute atomic E-state index is 5.71. The van der Waals surface area contributed by atoms with E-state index in [-0.39, 0.29) is 0 Å². The maximum atomic E-state index is 5.71. The number of nitrogens with zero attached hydrogens (tertiary/aromatic N) is 1. The Hall–Kier alpha value is -0.800. The molecule has 3 rings (SSSR count). The van der Waals surface area contributed by atoms with Gasteiger partial charge in [0.15, 0.2) is 0 Å². The summed E-state index contributed by atoms with van der Waals surface area (Å²) in [5.41, 5.74) is 1.35. The van der Waals surface area contributed by atoms with Crippen LogP contribution in [0.3, 0.4) is 0 Å². The number of nitrogens with one attached hydrogen (secondary N) is 1. The van der Waals surface area contributed by atoms with E-state index >= 15 is 0 Å². The van der Waals surface area contributed by atoms with Crippen LogP contribution in [0.15, 0.2) is 16.7 Å². The fraction of sp³-hybridized carbons (Fsp3) is 0.765. The van der Waals surface area contributed by atoms with Crippen LogP contribution >= 0.6 is 0 Å². The molecule has 1 aromatic rings. The molecule has 2 fully saturated rings. The van der Waals surface area contributed by atoms with E-state index < -0.39 is 0 Å². The lowest BCUT2D eigenvalue weighted by Gasteiger charge is -2.31. The highest BCUT2D eigenvalue weighted by Crippen LogP contribution is 2.24. The van der Waals surface area contributed by atoms with Gasteiger partial charge in [-0.15, -0.1) is 0 Å². The summed E-state index contributed by atoms with van der Waals surface area (Å²) in [4.78, 5) is 2.56. The van der Waals surface area contributed by atoms with Crippen molar-refractivity contribution in [2.24, 2.45) is 5.92 Å². The van der Waals surface area contributed by atoms with Crippen LogP contribution in [0, 0.1) is 5.92 Å². The van der Waals surface area contributed by atoms with Gasteiger partial charge in [-0.05, 0) is 50.8 Å². The third-order valence-corrected chi connectivity index (χ3v) is 4.77. The Morgan fingerprint density at radius 3 is 2.75 bits per heavy atom. The number of hydrogen-bond donors (Lipinski definition) is 1. The molecule has 0 radical (unpaired) electrons. The van der Waals surface area contributed by atoms with Crippen LogP contribution in [-0.4, -0.2) is 24.0 Å². The predicted octanol–water partition coefficient (Wildman–Crippen LogP) is 3.54. The van der Waals surface area contributed by atoms with E-state index in [1.54, 1.807) is 0 Å². The molecule has 0 bridgehead atoms. The quantitative estimate of drug-likeness (QED) is 0.825. The van der Waals surface area contributed by atoms with Crippen LogP contribution in [0.2, 0.25) is 0 Å². The lowest BCUT2D eigenvalue weighted by Crippen LogP contribution is -2.33. The first-order valence-electron chi connectivity index (χ1n) is 8.36. The summed E-state index contributed by atoms with van der Waals surface area (Å²) in [5.74, 6) is 2.14. The second kappa shape index (κ2) is 6.77. The number of piperidine rings is 1. The van der Waals surface area contributed by atoms with Crippen molar-refractivity contribution in [2.45, 2.75) is 64.6 Å². The summed E-state index contributed by atoms with van der Waals surface area (Å²) < 4.78 is 5.71. The van der Waals surface area contributed by atoms with Crippen LogP contribution in [0.5, 0.6) is 0 Å². The Morgan fingerprint density at radius 2 is 2.05 bits per heavy atom. The molecule has 0 atom stereocenters. The van der Waals surface area contributed by atoms with Gasteiger partial charge in [0.25, 0.3) is 0 Å². The lowest BCUT2D eigenvalue weighted by atomic mass is 9.92. The summed E-state index contributed by atoms with van der Waals surface area (Å²) in [7, 11) is 0. The van der Waals surface area contributed by atoms with Gasteiger partial charge in [0.05, 0.1) is 12.8 Å². The molecule has 1 aromatic heterocycles. The summed E-state index contributed by atoms with van der Waals surface area (Å²) in [6.07, 6.45) is 10.0. The molecule has 3 nitrogen and oxygen atoms in total. The smallest absolute Gasteiger partial charge is 0.122 e. The van der Waals surface area contributed by atoms with Crippen LogP contribution in [0.4, 0.5) is 0 Å². The third-order valence-electron chi connectivity index (χ3n) is 4.77. The summed E-state index contributed by atoms with van der Waals surface area (Å²) in [6, 6.07) is 2.90. The number of furan rings is 1. The molecule has 3 heteroatoms. The highest BCUT2D eigenvalue weighted by Gasteiger charge is 2.22. The number of likely N-dealkylation sites (tertiary alicyclic amines) is 1. The first-order valence-corrected chi connectivity index (χ1v) is 8.36. The molecular formula is C17H28N2O. The Kier molecular flexibility index (Phi) is 4.79. The Bertz CT molecular complexity index is 403. The minimum Gasteiger partial charge on any atom is -0.468 e. The monoisotopic (exact) mass is 276 g/mol. The van der Waals surface area contributed by atoms with Gasteiger partial charge in [-0.25, -0.2) is 0 Å². The molecule has 1 saturated heterocycles. The van der Waals surface area contributed by atoms with Gasteiger partial charge in [-0.1, -0.05) is 19.8 Å². The van der Waals surface area contributed by atoms with Crippen molar-refractivity contribution in [1.82, 2.24) is 10.2 Å². The molecule has 2 heterocycles. The molecule has 0 unspecified atom stereocenters. The SMILES string of the molecule is CCCC1CCN(Cc2occc2CNC2CC2)CC1. The first kappa shape index (κ1) is 14.2. The molecule has 0 spiro atoms. The minimum atomic E-state index is 0.766. The molecule has 20 heavy (non-hydrogen) atoms. The van der Waals surface area contributed by atoms with E-state index in [0.29, 0.717) is 0 Å². The molecular weight excluding hydrogens is 248 g/mol. The summed E-state index contributed by atoms with van der Waals surface area (Å²) in [6.45, 7) is 6.74. The normalized spacial score (nSPS) is 21.4. The first-order chi connectivity index (χ1) is 9.85. The minimum absolute atomic E-state index is 0.766. The van der Waals surface area contributed by atoms with Crippen molar-refractivity contribution in [1.29, 1.82) is 0 Å². The molecule has 112 valence electrons. The van der Waals surface area contributed by atoms with Gasteiger partial charge in [0.1, 0.15) is 5.76 Å². The Morgan fingerprint density at radius 1 is 1.25 bits per heavy atom. The van der Waals surface area contributed by atoms with Crippen molar-refractivity contribution < 1.29 is 4.42 Å². The van der Waals surface area contributed by atoms with Gasteiger partial charge in [-0.2, -0.15) is 0 Å². The van der Waals surface area contributed by atoms with Gasteiger partial charge in [-0.3, -0.25) is 4.90 Å². The van der Waals surface area contributed by atoms with Gasteiger partial charge in [0, 0.05) is 18.2 Å². The summed E-state index contributed by atoms with van der Waals surface area (Å²) in [5, 5.41) is 3.58. The molecule has 0 amide bonds. The second-order valence-corrected chi connectivity index (χ2v) is 6.53. The predicted molar refractivity (Wildman–Crippen MR) is 81.5 cm³/mol. The van der Waals surface area contributed by atoms with Gasteiger partial charge in [0.2, 0.25) is 0 Å². The molecule has 2 aliphatic rings. The third kappa shape index (κ3) is 3.86. The zero-order valence-corrected chi connectivity index (χ0v) is 12.7. The fourth-order valence-electron chi connectivity index (χ4n) is 3.25. The number of rotatable bonds is 7. The largest absolute Gasteiger partial charge is 0.468 e. The van der Waals surface area contributed by atoms with Crippen LogP contribution in [-0.2, 0) is 13.1 Å². The topological polar surface area (TPSA) is 28.4 Å². The van der Waals surface area contributed by atoms with Crippen molar-refractivity contribution in [3.8, 4) is 0 Å². The van der Waals surface area contributed by atoms with E-state index in [9.17, 15) is 0 Å². The summed E-state index contributed by atoms with van der Waals surface area (Å²) >= 11 is 0. The average molecular weight is 276 g/mol. The van der Waals surface area contributed by atoms with Crippen molar-refractivity contribution in [2.75, 3.05) is 13.1 Å². The Balaban J connectivity index is 1.46. The average Bonchev–Trinajstić information content (AvgIpc) is 3.19. The van der Waals surface area contributed by atoms with Crippen LogP contribution < -0.4 is 5.32 Å². The van der Waals surface area contributed by atoms with E-state index in [2.05, 4.69) is 23.2 Å². The van der Waals surface area contributed by atoms with Crippen molar-refractivity contribution in [3.05, 3.63) is 23.7 Å². The van der Waals surface area contributed by atoms with E-state index in [4.69, 9.17) is 4.42 Å². The second-order valence-electron chi connectivity index (χ2n) is 6.53. The van der Waals surface area contributed by atoms with Gasteiger partial charge >= 0.3 is 0 Å². The lowest BCUT2D eigenvalue weighted by molar-refractivity contribution is 0.161. The van der Waals surface area contributed by atoms with Gasteiger partial charge < -0.3 is 9.73 Å².